The van der Waals surface area contributed by atoms with E-state index in [1.54, 1.807) is 13.8 Å². The van der Waals surface area contributed by atoms with Gasteiger partial charge in [-0.05, 0) is 44.9 Å². The zero-order valence-electron chi connectivity index (χ0n) is 16.6. The van der Waals surface area contributed by atoms with Gasteiger partial charge >= 0.3 is 17.8 Å². The smallest absolute Gasteiger partial charge is 0.334 e. The summed E-state index contributed by atoms with van der Waals surface area (Å²) >= 11 is 0. The summed E-state index contributed by atoms with van der Waals surface area (Å²) in [5.41, 5.74) is 2.51. The number of anilines is 1. The minimum atomic E-state index is -1.04. The van der Waals surface area contributed by atoms with Gasteiger partial charge in [-0.2, -0.15) is 0 Å². The molecule has 0 aromatic heterocycles. The molecular formula is C19H24N4O5. The Balaban J connectivity index is 1.98. The molecule has 1 aromatic carbocycles. The van der Waals surface area contributed by atoms with Crippen molar-refractivity contribution in [2.75, 3.05) is 25.5 Å². The average Bonchev–Trinajstić information content (AvgIpc) is 2.81. The quantitative estimate of drug-likeness (QED) is 0.576. The Hall–Kier alpha value is -3.23. The molecule has 28 heavy (non-hydrogen) atoms. The molecule has 1 aromatic rings. The van der Waals surface area contributed by atoms with Crippen molar-refractivity contribution in [3.63, 3.8) is 0 Å². The van der Waals surface area contributed by atoms with E-state index in [1.807, 2.05) is 32.0 Å². The molecule has 0 spiro atoms. The van der Waals surface area contributed by atoms with Crippen LogP contribution in [0.3, 0.4) is 0 Å². The zero-order valence-corrected chi connectivity index (χ0v) is 16.6. The van der Waals surface area contributed by atoms with Crippen molar-refractivity contribution < 1.29 is 24.0 Å². The number of aryl methyl sites for hydroxylation is 2. The van der Waals surface area contributed by atoms with E-state index in [4.69, 9.17) is 0 Å². The van der Waals surface area contributed by atoms with Gasteiger partial charge in [0.05, 0.1) is 6.54 Å². The van der Waals surface area contributed by atoms with E-state index < -0.39 is 42.2 Å². The second-order valence-electron chi connectivity index (χ2n) is 7.06. The maximum absolute atomic E-state index is 12.4. The van der Waals surface area contributed by atoms with E-state index in [2.05, 4.69) is 5.32 Å². The molecule has 1 N–H and O–H groups in total. The lowest BCUT2D eigenvalue weighted by Gasteiger charge is -2.21. The average molecular weight is 388 g/mol. The predicted octanol–water partition coefficient (Wildman–Crippen LogP) is 0.900. The minimum Gasteiger partial charge on any atom is -0.335 e. The van der Waals surface area contributed by atoms with E-state index in [0.717, 1.165) is 20.9 Å². The molecule has 0 bridgehead atoms. The van der Waals surface area contributed by atoms with Crippen LogP contribution in [0.5, 0.6) is 0 Å². The van der Waals surface area contributed by atoms with Gasteiger partial charge in [0.1, 0.15) is 6.54 Å². The van der Waals surface area contributed by atoms with E-state index in [-0.39, 0.29) is 6.54 Å². The van der Waals surface area contributed by atoms with Gasteiger partial charge in [-0.15, -0.1) is 0 Å². The topological polar surface area (TPSA) is 107 Å². The third-order valence-corrected chi connectivity index (χ3v) is 4.37. The number of urea groups is 1. The number of nitrogens with zero attached hydrogens (tertiary/aromatic N) is 3. The lowest BCUT2D eigenvalue weighted by Crippen LogP contribution is -2.44. The summed E-state index contributed by atoms with van der Waals surface area (Å²) in [5.74, 6) is -3.04. The molecule has 1 heterocycles. The first-order chi connectivity index (χ1) is 13.0. The highest BCUT2D eigenvalue weighted by Gasteiger charge is 2.46. The van der Waals surface area contributed by atoms with Crippen LogP contribution in [-0.2, 0) is 19.2 Å². The van der Waals surface area contributed by atoms with Crippen molar-refractivity contribution in [2.24, 2.45) is 0 Å². The van der Waals surface area contributed by atoms with Crippen LogP contribution in [0.4, 0.5) is 10.5 Å². The molecule has 0 radical (unpaired) electrons. The Bertz CT molecular complexity index is 849. The largest absolute Gasteiger partial charge is 0.335 e. The van der Waals surface area contributed by atoms with Crippen LogP contribution in [-0.4, -0.2) is 70.5 Å². The number of carbonyl (C=O) groups is 5. The monoisotopic (exact) mass is 388 g/mol. The van der Waals surface area contributed by atoms with Crippen molar-refractivity contribution in [2.45, 2.75) is 33.7 Å². The Labute approximate surface area is 163 Å². The standard InChI is InChI=1S/C19H24N4O5/c1-11(2)23-18(27)17(26)22(19(23)28)10-16(25)21(5)9-15(24)20-14-8-12(3)6-7-13(14)4/h6-8,11H,9-10H2,1-5H3,(H,20,24). The summed E-state index contributed by atoms with van der Waals surface area (Å²) in [7, 11) is 1.39. The van der Waals surface area contributed by atoms with Crippen molar-refractivity contribution >= 4 is 35.3 Å². The van der Waals surface area contributed by atoms with Crippen molar-refractivity contribution in [3.05, 3.63) is 29.3 Å². The first-order valence-electron chi connectivity index (χ1n) is 8.83. The molecule has 9 heteroatoms. The normalized spacial score (nSPS) is 14.1. The van der Waals surface area contributed by atoms with Crippen LogP contribution >= 0.6 is 0 Å². The number of hydrogen-bond donors (Lipinski definition) is 1. The van der Waals surface area contributed by atoms with Gasteiger partial charge in [0.25, 0.3) is 0 Å². The lowest BCUT2D eigenvalue weighted by molar-refractivity contribution is -0.145. The molecule has 9 nitrogen and oxygen atoms in total. The molecule has 0 unspecified atom stereocenters. The van der Waals surface area contributed by atoms with Gasteiger partial charge in [-0.1, -0.05) is 12.1 Å². The van der Waals surface area contributed by atoms with Crippen molar-refractivity contribution in [3.8, 4) is 0 Å². The molecule has 0 aliphatic carbocycles. The highest BCUT2D eigenvalue weighted by Crippen LogP contribution is 2.17. The van der Waals surface area contributed by atoms with Crippen LogP contribution in [0.2, 0.25) is 0 Å². The Morgan fingerprint density at radius 2 is 1.75 bits per heavy atom. The zero-order chi connectivity index (χ0) is 21.2. The number of benzene rings is 1. The van der Waals surface area contributed by atoms with Gasteiger partial charge < -0.3 is 10.2 Å². The minimum absolute atomic E-state index is 0.260. The number of imide groups is 2. The van der Waals surface area contributed by atoms with E-state index in [1.165, 1.54) is 7.05 Å². The fourth-order valence-corrected chi connectivity index (χ4v) is 2.74. The second-order valence-corrected chi connectivity index (χ2v) is 7.06. The molecule has 6 amide bonds. The number of rotatable bonds is 6. The third kappa shape index (κ3) is 4.36. The second kappa shape index (κ2) is 8.20. The summed E-state index contributed by atoms with van der Waals surface area (Å²) in [6, 6.07) is 4.30. The van der Waals surface area contributed by atoms with Gasteiger partial charge in [-0.25, -0.2) is 9.69 Å². The van der Waals surface area contributed by atoms with Gasteiger partial charge in [-0.3, -0.25) is 24.1 Å². The van der Waals surface area contributed by atoms with Crippen molar-refractivity contribution in [1.29, 1.82) is 0 Å². The molecule has 0 atom stereocenters. The Morgan fingerprint density at radius 1 is 1.11 bits per heavy atom. The first-order valence-corrected chi connectivity index (χ1v) is 8.83. The van der Waals surface area contributed by atoms with E-state index >= 15 is 0 Å². The summed E-state index contributed by atoms with van der Waals surface area (Å²) < 4.78 is 0. The highest BCUT2D eigenvalue weighted by molar-refractivity contribution is 6.45. The number of nitrogens with one attached hydrogen (secondary N) is 1. The molecule has 2 rings (SSSR count). The number of likely N-dealkylation sites (N-methyl/N-ethyl adjacent to an activating group) is 1. The summed E-state index contributed by atoms with van der Waals surface area (Å²) in [6.07, 6.45) is 0. The Morgan fingerprint density at radius 3 is 2.32 bits per heavy atom. The lowest BCUT2D eigenvalue weighted by atomic mass is 10.1. The van der Waals surface area contributed by atoms with Crippen LogP contribution in [0.1, 0.15) is 25.0 Å². The molecule has 1 fully saturated rings. The molecular weight excluding hydrogens is 364 g/mol. The molecule has 150 valence electrons. The fourth-order valence-electron chi connectivity index (χ4n) is 2.74. The fraction of sp³-hybridized carbons (Fsp3) is 0.421. The third-order valence-electron chi connectivity index (χ3n) is 4.37. The van der Waals surface area contributed by atoms with Gasteiger partial charge in [0.2, 0.25) is 11.8 Å². The molecule has 0 saturated carbocycles. The van der Waals surface area contributed by atoms with Crippen LogP contribution in [0.15, 0.2) is 18.2 Å². The number of hydrogen-bond acceptors (Lipinski definition) is 5. The number of amides is 6. The van der Waals surface area contributed by atoms with Gasteiger partial charge in [0, 0.05) is 18.8 Å². The SMILES string of the molecule is Cc1ccc(C)c(NC(=O)CN(C)C(=O)CN2C(=O)C(=O)N(C(C)C)C2=O)c1. The Kier molecular flexibility index (Phi) is 6.17. The number of carbonyl (C=O) groups excluding carboxylic acids is 5. The summed E-state index contributed by atoms with van der Waals surface area (Å²) in [5, 5.41) is 2.73. The molecule has 1 aliphatic rings. The van der Waals surface area contributed by atoms with Crippen LogP contribution in [0.25, 0.3) is 0 Å². The van der Waals surface area contributed by atoms with Crippen molar-refractivity contribution in [1.82, 2.24) is 14.7 Å². The summed E-state index contributed by atoms with van der Waals surface area (Å²) in [6.45, 7) is 6.09. The molecule has 1 saturated heterocycles. The summed E-state index contributed by atoms with van der Waals surface area (Å²) in [4.78, 5) is 63.2. The molecule has 1 aliphatic heterocycles. The maximum Gasteiger partial charge on any atom is 0.334 e. The maximum atomic E-state index is 12.4. The predicted molar refractivity (Wildman–Crippen MR) is 101 cm³/mol. The highest BCUT2D eigenvalue weighted by atomic mass is 16.2. The van der Waals surface area contributed by atoms with E-state index in [0.29, 0.717) is 10.6 Å². The van der Waals surface area contributed by atoms with Gasteiger partial charge in [0.15, 0.2) is 0 Å². The van der Waals surface area contributed by atoms with E-state index in [9.17, 15) is 24.0 Å². The first kappa shape index (κ1) is 21.1. The van der Waals surface area contributed by atoms with Crippen LogP contribution < -0.4 is 5.32 Å². The van der Waals surface area contributed by atoms with Crippen LogP contribution in [0, 0.1) is 13.8 Å².